The molecule has 2 saturated heterocycles. The Kier molecular flexibility index (Phi) is 3.25. The van der Waals surface area contributed by atoms with E-state index in [-0.39, 0.29) is 16.7 Å². The van der Waals surface area contributed by atoms with E-state index < -0.39 is 0 Å². The Bertz CT molecular complexity index is 520. The molecule has 6 nitrogen and oxygen atoms in total. The Morgan fingerprint density at radius 2 is 2.00 bits per heavy atom. The monoisotopic (exact) mass is 277 g/mol. The molecule has 2 heterocycles. The van der Waals surface area contributed by atoms with Crippen molar-refractivity contribution in [3.05, 3.63) is 28.3 Å². The van der Waals surface area contributed by atoms with Crippen LogP contribution in [0.3, 0.4) is 0 Å². The fraction of sp³-hybridized carbons (Fsp3) is 0.571. The van der Waals surface area contributed by atoms with Crippen molar-refractivity contribution in [1.29, 1.82) is 0 Å². The molecule has 2 unspecified atom stereocenters. The molecule has 0 aromatic heterocycles. The summed E-state index contributed by atoms with van der Waals surface area (Å²) in [5, 5.41) is 11.3. The predicted octanol–water partition coefficient (Wildman–Crippen LogP) is 2.06. The molecule has 20 heavy (non-hydrogen) atoms. The first kappa shape index (κ1) is 13.2. The number of nitrogens with zero attached hydrogens (tertiary/aromatic N) is 2. The van der Waals surface area contributed by atoms with Crippen molar-refractivity contribution >= 4 is 11.4 Å². The lowest BCUT2D eigenvalue weighted by molar-refractivity contribution is -0.384. The molecule has 1 aromatic carbocycles. The minimum Gasteiger partial charge on any atom is -0.496 e. The third-order valence-corrected chi connectivity index (χ3v) is 4.43. The van der Waals surface area contributed by atoms with E-state index in [2.05, 4.69) is 4.90 Å². The first-order valence-corrected chi connectivity index (χ1v) is 6.96. The van der Waals surface area contributed by atoms with E-state index in [9.17, 15) is 10.1 Å². The highest BCUT2D eigenvalue weighted by Gasteiger charge is 2.41. The minimum absolute atomic E-state index is 0.122. The fourth-order valence-corrected chi connectivity index (χ4v) is 3.61. The predicted molar refractivity (Wildman–Crippen MR) is 76.1 cm³/mol. The molecule has 2 aliphatic heterocycles. The van der Waals surface area contributed by atoms with Gasteiger partial charge in [-0.2, -0.15) is 0 Å². The zero-order chi connectivity index (χ0) is 14.3. The smallest absolute Gasteiger partial charge is 0.296 e. The Balaban J connectivity index is 2.00. The zero-order valence-electron chi connectivity index (χ0n) is 11.5. The summed E-state index contributed by atoms with van der Waals surface area (Å²) in [6.45, 7) is 0. The Hall–Kier alpha value is -1.82. The third-order valence-electron chi connectivity index (χ3n) is 4.43. The van der Waals surface area contributed by atoms with Gasteiger partial charge in [-0.15, -0.1) is 0 Å². The SMILES string of the molecule is COc1ccc(N2C3CCC2CC(N)C3)c([N+](=O)[O-])c1. The molecular formula is C14H19N3O3. The van der Waals surface area contributed by atoms with Gasteiger partial charge in [0.1, 0.15) is 11.4 Å². The molecule has 2 N–H and O–H groups in total. The topological polar surface area (TPSA) is 81.6 Å². The van der Waals surface area contributed by atoms with E-state index in [0.29, 0.717) is 23.5 Å². The van der Waals surface area contributed by atoms with Gasteiger partial charge in [0.05, 0.1) is 18.1 Å². The van der Waals surface area contributed by atoms with Crippen LogP contribution in [0.4, 0.5) is 11.4 Å². The lowest BCUT2D eigenvalue weighted by Gasteiger charge is -2.39. The summed E-state index contributed by atoms with van der Waals surface area (Å²) in [4.78, 5) is 13.2. The number of methoxy groups -OCH3 is 1. The molecule has 3 rings (SSSR count). The number of nitro groups is 1. The van der Waals surface area contributed by atoms with Gasteiger partial charge in [0, 0.05) is 18.1 Å². The number of anilines is 1. The summed E-state index contributed by atoms with van der Waals surface area (Å²) in [5.41, 5.74) is 6.88. The number of fused-ring (bicyclic) bond motifs is 2. The quantitative estimate of drug-likeness (QED) is 0.675. The van der Waals surface area contributed by atoms with Crippen LogP contribution in [0.1, 0.15) is 25.7 Å². The number of nitrogens with two attached hydrogens (primary N) is 1. The molecule has 108 valence electrons. The van der Waals surface area contributed by atoms with Crippen LogP contribution in [0.2, 0.25) is 0 Å². The second kappa shape index (κ2) is 4.94. The molecule has 0 radical (unpaired) electrons. The maximum absolute atomic E-state index is 11.3. The number of benzene rings is 1. The van der Waals surface area contributed by atoms with Crippen molar-refractivity contribution in [2.24, 2.45) is 5.73 Å². The van der Waals surface area contributed by atoms with Gasteiger partial charge in [-0.25, -0.2) is 0 Å². The number of ether oxygens (including phenoxy) is 1. The molecule has 0 aliphatic carbocycles. The van der Waals surface area contributed by atoms with Crippen molar-refractivity contribution in [3.63, 3.8) is 0 Å². The molecule has 2 atom stereocenters. The van der Waals surface area contributed by atoms with Gasteiger partial charge in [0.2, 0.25) is 0 Å². The van der Waals surface area contributed by atoms with Crippen LogP contribution in [0.25, 0.3) is 0 Å². The van der Waals surface area contributed by atoms with Crippen molar-refractivity contribution < 1.29 is 9.66 Å². The largest absolute Gasteiger partial charge is 0.496 e. The first-order valence-electron chi connectivity index (χ1n) is 6.96. The Morgan fingerprint density at radius 3 is 2.55 bits per heavy atom. The molecular weight excluding hydrogens is 258 g/mol. The van der Waals surface area contributed by atoms with Crippen molar-refractivity contribution in [1.82, 2.24) is 0 Å². The van der Waals surface area contributed by atoms with Gasteiger partial charge in [-0.05, 0) is 37.8 Å². The summed E-state index contributed by atoms with van der Waals surface area (Å²) in [6, 6.07) is 5.98. The molecule has 2 fully saturated rings. The normalized spacial score (nSPS) is 28.5. The van der Waals surface area contributed by atoms with Crippen molar-refractivity contribution in [2.75, 3.05) is 12.0 Å². The van der Waals surface area contributed by atoms with Crippen LogP contribution in [0.5, 0.6) is 5.75 Å². The van der Waals surface area contributed by atoms with Gasteiger partial charge < -0.3 is 15.4 Å². The van der Waals surface area contributed by atoms with Crippen LogP contribution < -0.4 is 15.4 Å². The number of rotatable bonds is 3. The lowest BCUT2D eigenvalue weighted by atomic mass is 9.97. The summed E-state index contributed by atoms with van der Waals surface area (Å²) in [7, 11) is 1.52. The van der Waals surface area contributed by atoms with Gasteiger partial charge >= 0.3 is 0 Å². The Labute approximate surface area is 117 Å². The highest BCUT2D eigenvalue weighted by molar-refractivity contribution is 5.67. The molecule has 6 heteroatoms. The maximum Gasteiger partial charge on any atom is 0.296 e. The molecule has 0 saturated carbocycles. The number of piperidine rings is 1. The van der Waals surface area contributed by atoms with Crippen LogP contribution in [0, 0.1) is 10.1 Å². The number of hydrogen-bond donors (Lipinski definition) is 1. The van der Waals surface area contributed by atoms with E-state index in [1.165, 1.54) is 13.2 Å². The van der Waals surface area contributed by atoms with E-state index in [1.54, 1.807) is 12.1 Å². The highest BCUT2D eigenvalue weighted by Crippen LogP contribution is 2.43. The molecule has 2 bridgehead atoms. The van der Waals surface area contributed by atoms with Gasteiger partial charge in [-0.1, -0.05) is 0 Å². The third kappa shape index (κ3) is 2.10. The highest BCUT2D eigenvalue weighted by atomic mass is 16.6. The number of nitro benzene ring substituents is 1. The zero-order valence-corrected chi connectivity index (χ0v) is 11.5. The molecule has 0 amide bonds. The average molecular weight is 277 g/mol. The molecule has 2 aliphatic rings. The van der Waals surface area contributed by atoms with E-state index >= 15 is 0 Å². The molecule has 0 spiro atoms. The van der Waals surface area contributed by atoms with Crippen LogP contribution in [-0.4, -0.2) is 30.2 Å². The van der Waals surface area contributed by atoms with E-state index in [0.717, 1.165) is 25.7 Å². The van der Waals surface area contributed by atoms with Crippen LogP contribution in [0.15, 0.2) is 18.2 Å². The number of hydrogen-bond acceptors (Lipinski definition) is 5. The summed E-state index contributed by atoms with van der Waals surface area (Å²) in [5.74, 6) is 0.515. The fourth-order valence-electron chi connectivity index (χ4n) is 3.61. The lowest BCUT2D eigenvalue weighted by Crippen LogP contribution is -2.47. The van der Waals surface area contributed by atoms with E-state index in [1.807, 2.05) is 0 Å². The standard InChI is InChI=1S/C14H19N3O3/c1-20-12-4-5-13(14(8-12)17(18)19)16-10-2-3-11(16)7-9(15)6-10/h4-5,8-11H,2-3,6-7,15H2,1H3. The van der Waals surface area contributed by atoms with Crippen molar-refractivity contribution in [3.8, 4) is 5.75 Å². The van der Waals surface area contributed by atoms with Gasteiger partial charge in [0.15, 0.2) is 0 Å². The Morgan fingerprint density at radius 1 is 1.35 bits per heavy atom. The summed E-state index contributed by atoms with van der Waals surface area (Å²) in [6.07, 6.45) is 3.97. The average Bonchev–Trinajstić information content (AvgIpc) is 2.69. The van der Waals surface area contributed by atoms with Gasteiger partial charge in [-0.3, -0.25) is 10.1 Å². The summed E-state index contributed by atoms with van der Waals surface area (Å²) >= 11 is 0. The van der Waals surface area contributed by atoms with Gasteiger partial charge in [0.25, 0.3) is 5.69 Å². The first-order chi connectivity index (χ1) is 9.60. The van der Waals surface area contributed by atoms with Crippen molar-refractivity contribution in [2.45, 2.75) is 43.8 Å². The second-order valence-corrected chi connectivity index (χ2v) is 5.64. The van der Waals surface area contributed by atoms with E-state index in [4.69, 9.17) is 10.5 Å². The second-order valence-electron chi connectivity index (χ2n) is 5.64. The molecule has 1 aromatic rings. The maximum atomic E-state index is 11.3. The minimum atomic E-state index is -0.328. The summed E-state index contributed by atoms with van der Waals surface area (Å²) < 4.78 is 5.09. The van der Waals surface area contributed by atoms with Crippen LogP contribution >= 0.6 is 0 Å². The van der Waals surface area contributed by atoms with Crippen LogP contribution in [-0.2, 0) is 0 Å².